The Bertz CT molecular complexity index is 612. The number of carbonyl (C=O) groups excluding carboxylic acids is 1. The first-order valence-corrected chi connectivity index (χ1v) is 7.67. The van der Waals surface area contributed by atoms with Crippen molar-refractivity contribution in [3.05, 3.63) is 53.8 Å². The molecule has 18 heavy (non-hydrogen) atoms. The summed E-state index contributed by atoms with van der Waals surface area (Å²) in [5, 5.41) is 0.272. The van der Waals surface area contributed by atoms with E-state index in [1.165, 1.54) is 29.5 Å². The number of ketones is 1. The first-order valence-electron chi connectivity index (χ1n) is 4.89. The van der Waals surface area contributed by atoms with Gasteiger partial charge in [-0.3, -0.25) is 4.79 Å². The van der Waals surface area contributed by atoms with Gasteiger partial charge in [0.05, 0.1) is 7.57 Å². The smallest absolute Gasteiger partial charge is 0.169 e. The van der Waals surface area contributed by atoms with Crippen LogP contribution in [0.4, 0.5) is 4.39 Å². The van der Waals surface area contributed by atoms with Crippen molar-refractivity contribution in [2.75, 3.05) is 0 Å². The van der Waals surface area contributed by atoms with Gasteiger partial charge in [0.2, 0.25) is 0 Å². The number of Topliss-reactive ketones (excluding diaryl/α,β-unsaturated/α-hetero) is 1. The Morgan fingerprint density at radius 3 is 2.61 bits per heavy atom. The number of carbonyl (C=O) groups is 1. The van der Waals surface area contributed by atoms with Crippen molar-refractivity contribution < 1.29 is 9.18 Å². The van der Waals surface area contributed by atoms with Crippen LogP contribution >= 0.6 is 54.8 Å². The zero-order chi connectivity index (χ0) is 13.3. The van der Waals surface area contributed by atoms with Crippen molar-refractivity contribution in [2.45, 2.75) is 6.42 Å². The Hall–Kier alpha value is -0.230. The first kappa shape index (κ1) is 14.2. The second-order valence-corrected chi connectivity index (χ2v) is 7.73. The molecule has 6 heteroatoms. The number of hydrogen-bond acceptors (Lipinski definition) is 2. The number of halogens is 4. The maximum Gasteiger partial charge on any atom is 0.169 e. The zero-order valence-electron chi connectivity index (χ0n) is 8.84. The van der Waals surface area contributed by atoms with Crippen LogP contribution in [0.3, 0.4) is 0 Å². The van der Waals surface area contributed by atoms with Gasteiger partial charge in [-0.15, -0.1) is 11.3 Å². The van der Waals surface area contributed by atoms with E-state index < -0.39 is 5.82 Å². The molecule has 0 N–H and O–H groups in total. The summed E-state index contributed by atoms with van der Waals surface area (Å²) >= 11 is 14.0. The first-order chi connectivity index (χ1) is 8.47. The second-order valence-electron chi connectivity index (χ2n) is 3.57. The Balaban J connectivity index is 2.24. The fourth-order valence-electron chi connectivity index (χ4n) is 1.46. The maximum atomic E-state index is 12.9. The molecule has 0 atom stereocenters. The standard InChI is InChI=1S/C12H6Br2ClFOS/c13-11-5-8(12(14)18-11)10(17)3-6-1-2-7(16)4-9(6)15/h1-2,4-5H,3H2. The third kappa shape index (κ3) is 3.20. The van der Waals surface area contributed by atoms with Crippen molar-refractivity contribution >= 4 is 60.6 Å². The summed E-state index contributed by atoms with van der Waals surface area (Å²) in [6.07, 6.45) is 0.154. The third-order valence-electron chi connectivity index (χ3n) is 2.32. The van der Waals surface area contributed by atoms with E-state index in [1.54, 1.807) is 6.07 Å². The Labute approximate surface area is 129 Å². The maximum absolute atomic E-state index is 12.9. The summed E-state index contributed by atoms with van der Waals surface area (Å²) in [6.45, 7) is 0. The Morgan fingerprint density at radius 2 is 2.06 bits per heavy atom. The molecule has 0 amide bonds. The van der Waals surface area contributed by atoms with Gasteiger partial charge in [-0.2, -0.15) is 0 Å². The van der Waals surface area contributed by atoms with E-state index >= 15 is 0 Å². The molecule has 0 fully saturated rings. The highest BCUT2D eigenvalue weighted by atomic mass is 79.9. The fourth-order valence-corrected chi connectivity index (χ4v) is 4.55. The summed E-state index contributed by atoms with van der Waals surface area (Å²) in [5.74, 6) is -0.465. The predicted molar refractivity (Wildman–Crippen MR) is 79.2 cm³/mol. The van der Waals surface area contributed by atoms with Crippen LogP contribution in [0.1, 0.15) is 15.9 Å². The van der Waals surface area contributed by atoms with E-state index in [4.69, 9.17) is 11.6 Å². The molecule has 0 aliphatic heterocycles. The molecule has 1 heterocycles. The number of rotatable bonds is 3. The van der Waals surface area contributed by atoms with E-state index in [2.05, 4.69) is 31.9 Å². The van der Waals surface area contributed by atoms with E-state index in [1.807, 2.05) is 0 Å². The molecule has 94 valence electrons. The van der Waals surface area contributed by atoms with Crippen LogP contribution in [0.15, 0.2) is 31.8 Å². The molecule has 1 aromatic carbocycles. The summed E-state index contributed by atoms with van der Waals surface area (Å²) in [6, 6.07) is 5.80. The van der Waals surface area contributed by atoms with Crippen molar-refractivity contribution in [1.82, 2.24) is 0 Å². The van der Waals surface area contributed by atoms with Crippen LogP contribution in [0, 0.1) is 5.82 Å². The lowest BCUT2D eigenvalue weighted by atomic mass is 10.1. The van der Waals surface area contributed by atoms with Crippen molar-refractivity contribution in [2.24, 2.45) is 0 Å². The molecule has 1 aromatic heterocycles. The Morgan fingerprint density at radius 1 is 1.33 bits per heavy atom. The quantitative estimate of drug-likeness (QED) is 0.609. The molecule has 1 nitrogen and oxygen atoms in total. The highest BCUT2D eigenvalue weighted by Gasteiger charge is 2.15. The molecule has 0 spiro atoms. The average molecular weight is 413 g/mol. The van der Waals surface area contributed by atoms with Gasteiger partial charge in [-0.05, 0) is 55.6 Å². The van der Waals surface area contributed by atoms with Crippen LogP contribution in [0.2, 0.25) is 5.02 Å². The molecule has 0 saturated heterocycles. The zero-order valence-corrected chi connectivity index (χ0v) is 13.6. The van der Waals surface area contributed by atoms with Gasteiger partial charge >= 0.3 is 0 Å². The van der Waals surface area contributed by atoms with Crippen LogP contribution < -0.4 is 0 Å². The Kier molecular flexibility index (Phi) is 4.59. The average Bonchev–Trinajstić information content (AvgIpc) is 2.62. The number of hydrogen-bond donors (Lipinski definition) is 0. The molecule has 2 aromatic rings. The molecular formula is C12H6Br2ClFOS. The van der Waals surface area contributed by atoms with Gasteiger partial charge in [0.1, 0.15) is 5.82 Å². The molecule has 0 aliphatic rings. The number of thiophene rings is 1. The van der Waals surface area contributed by atoms with Gasteiger partial charge in [-0.1, -0.05) is 17.7 Å². The summed E-state index contributed by atoms with van der Waals surface area (Å²) in [7, 11) is 0. The normalized spacial score (nSPS) is 10.7. The third-order valence-corrected chi connectivity index (χ3v) is 5.01. The van der Waals surface area contributed by atoms with E-state index in [9.17, 15) is 9.18 Å². The largest absolute Gasteiger partial charge is 0.294 e. The molecule has 0 saturated carbocycles. The minimum absolute atomic E-state index is 0.0580. The lowest BCUT2D eigenvalue weighted by molar-refractivity contribution is 0.0992. The van der Waals surface area contributed by atoms with E-state index in [-0.39, 0.29) is 17.2 Å². The SMILES string of the molecule is O=C(Cc1ccc(F)cc1Cl)c1cc(Br)sc1Br. The van der Waals surface area contributed by atoms with Crippen LogP contribution in [-0.2, 0) is 6.42 Å². The molecule has 0 radical (unpaired) electrons. The van der Waals surface area contributed by atoms with Crippen molar-refractivity contribution in [3.8, 4) is 0 Å². The van der Waals surface area contributed by atoms with E-state index in [0.29, 0.717) is 11.1 Å². The van der Waals surface area contributed by atoms with Gasteiger partial charge in [0, 0.05) is 17.0 Å². The fraction of sp³-hybridized carbons (Fsp3) is 0.0833. The molecule has 0 aliphatic carbocycles. The van der Waals surface area contributed by atoms with Gasteiger partial charge in [0.15, 0.2) is 5.78 Å². The van der Waals surface area contributed by atoms with Crippen LogP contribution in [0.5, 0.6) is 0 Å². The number of benzene rings is 1. The molecule has 2 rings (SSSR count). The lowest BCUT2D eigenvalue weighted by Crippen LogP contribution is -2.03. The molecule has 0 unspecified atom stereocenters. The minimum atomic E-state index is -0.407. The van der Waals surface area contributed by atoms with Gasteiger partial charge in [0.25, 0.3) is 0 Å². The molecule has 0 bridgehead atoms. The lowest BCUT2D eigenvalue weighted by Gasteiger charge is -2.03. The van der Waals surface area contributed by atoms with Gasteiger partial charge < -0.3 is 0 Å². The highest BCUT2D eigenvalue weighted by Crippen LogP contribution is 2.33. The summed E-state index contributed by atoms with van der Waals surface area (Å²) in [5.41, 5.74) is 1.23. The van der Waals surface area contributed by atoms with Crippen molar-refractivity contribution in [3.63, 3.8) is 0 Å². The molecular weight excluding hydrogens is 406 g/mol. The second kappa shape index (κ2) is 5.82. The van der Waals surface area contributed by atoms with E-state index in [0.717, 1.165) is 7.57 Å². The monoisotopic (exact) mass is 410 g/mol. The van der Waals surface area contributed by atoms with Gasteiger partial charge in [-0.25, -0.2) is 4.39 Å². The topological polar surface area (TPSA) is 17.1 Å². The summed E-state index contributed by atoms with van der Waals surface area (Å²) < 4.78 is 14.5. The highest BCUT2D eigenvalue weighted by molar-refractivity contribution is 9.12. The predicted octanol–water partition coefficient (Wildman–Crippen LogP) is 5.49. The summed E-state index contributed by atoms with van der Waals surface area (Å²) in [4.78, 5) is 12.1. The van der Waals surface area contributed by atoms with Crippen LogP contribution in [0.25, 0.3) is 0 Å². The van der Waals surface area contributed by atoms with Crippen molar-refractivity contribution in [1.29, 1.82) is 0 Å². The van der Waals surface area contributed by atoms with Crippen LogP contribution in [-0.4, -0.2) is 5.78 Å². The minimum Gasteiger partial charge on any atom is -0.294 e.